The molecule has 248 valence electrons. The third kappa shape index (κ3) is 5.84. The third-order valence-electron chi connectivity index (χ3n) is 8.99. The van der Waals surface area contributed by atoms with Crippen LogP contribution in [-0.4, -0.2) is 107 Å². The molecule has 11 atom stereocenters. The molecule has 0 amide bonds. The van der Waals surface area contributed by atoms with Crippen LogP contribution in [0.2, 0.25) is 0 Å². The minimum absolute atomic E-state index is 0.118. The fraction of sp³-hybridized carbons (Fsp3) is 0.667. The van der Waals surface area contributed by atoms with Gasteiger partial charge in [-0.3, -0.25) is 28.8 Å². The van der Waals surface area contributed by atoms with Crippen molar-refractivity contribution in [2.24, 2.45) is 17.3 Å². The zero-order valence-electron chi connectivity index (χ0n) is 26.0. The molecule has 2 aliphatic heterocycles. The smallest absolute Gasteiger partial charge is 0.312 e. The first-order valence-electron chi connectivity index (χ1n) is 14.4. The van der Waals surface area contributed by atoms with E-state index in [4.69, 9.17) is 33.2 Å². The largest absolute Gasteiger partial charge is 0.459 e. The lowest BCUT2D eigenvalue weighted by atomic mass is 9.51. The molecule has 1 saturated carbocycles. The second-order valence-electron chi connectivity index (χ2n) is 12.0. The van der Waals surface area contributed by atoms with E-state index in [0.29, 0.717) is 0 Å². The highest BCUT2D eigenvalue weighted by molar-refractivity contribution is 5.78. The summed E-state index contributed by atoms with van der Waals surface area (Å²) in [6.45, 7) is 7.42. The molecule has 3 fully saturated rings. The second kappa shape index (κ2) is 12.2. The van der Waals surface area contributed by atoms with E-state index in [-0.39, 0.29) is 12.2 Å². The summed E-state index contributed by atoms with van der Waals surface area (Å²) in [6, 6.07) is 0. The van der Waals surface area contributed by atoms with Gasteiger partial charge in [0.1, 0.15) is 17.8 Å². The van der Waals surface area contributed by atoms with E-state index in [0.717, 1.165) is 34.6 Å². The maximum atomic E-state index is 13.1. The average Bonchev–Trinajstić information content (AvgIpc) is 3.68. The molecule has 45 heavy (non-hydrogen) atoms. The molecule has 2 N–H and O–H groups in total. The topological polar surface area (TPSA) is 211 Å². The summed E-state index contributed by atoms with van der Waals surface area (Å²) < 4.78 is 40.4. The Morgan fingerprint density at radius 2 is 1.38 bits per heavy atom. The Labute approximate surface area is 258 Å². The molecule has 2 saturated heterocycles. The summed E-state index contributed by atoms with van der Waals surface area (Å²) in [6.07, 6.45) is -5.38. The number of rotatable bonds is 6. The molecular formula is C30H38O15. The van der Waals surface area contributed by atoms with E-state index in [1.807, 2.05) is 0 Å². The van der Waals surface area contributed by atoms with Crippen LogP contribution in [0, 0.1) is 17.3 Å². The molecule has 0 aromatic heterocycles. The lowest BCUT2D eigenvalue weighted by Crippen LogP contribution is -2.76. The molecular weight excluding hydrogens is 600 g/mol. The van der Waals surface area contributed by atoms with Crippen molar-refractivity contribution in [3.63, 3.8) is 0 Å². The maximum Gasteiger partial charge on any atom is 0.312 e. The predicted molar refractivity (Wildman–Crippen MR) is 146 cm³/mol. The lowest BCUT2D eigenvalue weighted by molar-refractivity contribution is -0.279. The van der Waals surface area contributed by atoms with Crippen LogP contribution in [0.4, 0.5) is 0 Å². The van der Waals surface area contributed by atoms with Gasteiger partial charge < -0.3 is 43.4 Å². The number of ether oxygens (including phenoxy) is 7. The number of fused-ring (bicyclic) bond motifs is 3. The van der Waals surface area contributed by atoms with Gasteiger partial charge in [0.2, 0.25) is 0 Å². The van der Waals surface area contributed by atoms with E-state index < -0.39 is 107 Å². The predicted octanol–water partition coefficient (Wildman–Crippen LogP) is -0.169. The number of hydrogen-bond donors (Lipinski definition) is 2. The molecule has 4 aliphatic rings. The Morgan fingerprint density at radius 3 is 1.87 bits per heavy atom. The van der Waals surface area contributed by atoms with Crippen LogP contribution in [0.1, 0.15) is 48.5 Å². The van der Waals surface area contributed by atoms with Crippen LogP contribution in [0.15, 0.2) is 23.8 Å². The lowest BCUT2D eigenvalue weighted by Gasteiger charge is -2.59. The monoisotopic (exact) mass is 638 g/mol. The molecule has 0 unspecified atom stereocenters. The summed E-state index contributed by atoms with van der Waals surface area (Å²) in [4.78, 5) is 76.1. The maximum absolute atomic E-state index is 13.1. The molecule has 2 aliphatic carbocycles. The van der Waals surface area contributed by atoms with Crippen molar-refractivity contribution in [3.8, 4) is 0 Å². The standard InChI is InChI=1S/C30H38O15/c1-13-27(37)45-21-10-19(11-31)8-9-20(40-14(2)32)28(7)23(26(30(13,21)38)44-18(6)36)29(12-39-29)25(43-17(5)35)22(41-15(3)33)24(28)42-16(4)34/h8-10,13,20-26,31,38H,11-12H2,1-7H3/b9-8+,19-10-/t13-,20-,21-,22+,23-,24-,25+,26-,28+,29-,30+/m0/s1. The Balaban J connectivity index is 2.17. The van der Waals surface area contributed by atoms with Gasteiger partial charge in [-0.2, -0.15) is 0 Å². The summed E-state index contributed by atoms with van der Waals surface area (Å²) in [7, 11) is 0. The zero-order valence-corrected chi connectivity index (χ0v) is 26.0. The van der Waals surface area contributed by atoms with E-state index >= 15 is 0 Å². The van der Waals surface area contributed by atoms with Crippen LogP contribution in [0.5, 0.6) is 0 Å². The number of carbonyl (C=O) groups excluding carboxylic acids is 6. The van der Waals surface area contributed by atoms with Crippen molar-refractivity contribution in [2.75, 3.05) is 13.2 Å². The average molecular weight is 639 g/mol. The Morgan fingerprint density at radius 1 is 0.867 bits per heavy atom. The first-order chi connectivity index (χ1) is 20.9. The molecule has 0 aromatic rings. The summed E-state index contributed by atoms with van der Waals surface area (Å²) in [5, 5.41) is 22.8. The zero-order chi connectivity index (χ0) is 33.6. The van der Waals surface area contributed by atoms with Crippen LogP contribution in [0.3, 0.4) is 0 Å². The van der Waals surface area contributed by atoms with E-state index in [9.17, 15) is 39.0 Å². The minimum Gasteiger partial charge on any atom is -0.459 e. The number of esters is 6. The minimum atomic E-state index is -2.38. The van der Waals surface area contributed by atoms with Crippen LogP contribution < -0.4 is 0 Å². The first kappa shape index (κ1) is 34.1. The van der Waals surface area contributed by atoms with E-state index in [1.54, 1.807) is 0 Å². The van der Waals surface area contributed by atoms with Gasteiger partial charge in [-0.05, 0) is 24.6 Å². The summed E-state index contributed by atoms with van der Waals surface area (Å²) >= 11 is 0. The van der Waals surface area contributed by atoms with E-state index in [2.05, 4.69) is 0 Å². The normalized spacial score (nSPS) is 42.0. The van der Waals surface area contributed by atoms with Gasteiger partial charge in [-0.25, -0.2) is 0 Å². The van der Waals surface area contributed by atoms with Gasteiger partial charge >= 0.3 is 35.8 Å². The number of hydrogen-bond acceptors (Lipinski definition) is 15. The van der Waals surface area contributed by atoms with Gasteiger partial charge in [0.25, 0.3) is 0 Å². The molecule has 1 spiro atoms. The number of aliphatic hydroxyl groups is 2. The summed E-state index contributed by atoms with van der Waals surface area (Å²) in [5.74, 6) is -7.91. The van der Waals surface area contributed by atoms with Gasteiger partial charge in [0, 0.05) is 40.5 Å². The summed E-state index contributed by atoms with van der Waals surface area (Å²) in [5.41, 5.74) is -5.83. The molecule has 0 radical (unpaired) electrons. The van der Waals surface area contributed by atoms with Gasteiger partial charge in [-0.1, -0.05) is 13.0 Å². The Hall–Kier alpha value is -3.82. The van der Waals surface area contributed by atoms with Crippen LogP contribution in [-0.2, 0) is 61.9 Å². The van der Waals surface area contributed by atoms with Crippen molar-refractivity contribution in [2.45, 2.75) is 96.3 Å². The SMILES string of the molecule is CC(=O)O[C@H]1[C@@H](OC(C)=O)[C@]2(CO2)[C@H]2[C@H](OC(C)=O)[C@]3(O)[C@H](/C=C(CO)/C=C/[C@H](OC(C)=O)[C@@]2(C)[C@H]1OC(C)=O)OC(=O)[C@@H]3C. The number of epoxide rings is 1. The molecule has 15 heteroatoms. The van der Waals surface area contributed by atoms with Crippen molar-refractivity contribution in [1.29, 1.82) is 0 Å². The van der Waals surface area contributed by atoms with Gasteiger partial charge in [0.05, 0.1) is 24.5 Å². The number of carbonyl (C=O) groups is 6. The highest BCUT2D eigenvalue weighted by Gasteiger charge is 2.81. The Kier molecular flexibility index (Phi) is 9.21. The molecule has 0 aromatic carbocycles. The molecule has 2 heterocycles. The van der Waals surface area contributed by atoms with Crippen LogP contribution in [0.25, 0.3) is 0 Å². The number of aliphatic hydroxyl groups excluding tert-OH is 1. The second-order valence-corrected chi connectivity index (χ2v) is 12.0. The molecule has 4 rings (SSSR count). The molecule has 0 bridgehead atoms. The quantitative estimate of drug-likeness (QED) is 0.220. The van der Waals surface area contributed by atoms with Crippen LogP contribution >= 0.6 is 0 Å². The van der Waals surface area contributed by atoms with Crippen molar-refractivity contribution < 1.29 is 72.1 Å². The highest BCUT2D eigenvalue weighted by atomic mass is 16.7. The van der Waals surface area contributed by atoms with Crippen molar-refractivity contribution in [1.82, 2.24) is 0 Å². The fourth-order valence-corrected chi connectivity index (χ4v) is 7.11. The first-order valence-corrected chi connectivity index (χ1v) is 14.4. The van der Waals surface area contributed by atoms with Gasteiger partial charge in [-0.15, -0.1) is 0 Å². The third-order valence-corrected chi connectivity index (χ3v) is 8.99. The van der Waals surface area contributed by atoms with Crippen molar-refractivity contribution >= 4 is 35.8 Å². The fourth-order valence-electron chi connectivity index (χ4n) is 7.11. The molecule has 15 nitrogen and oxygen atoms in total. The Bertz CT molecular complexity index is 1330. The van der Waals surface area contributed by atoms with Gasteiger partial charge in [0.15, 0.2) is 30.0 Å². The highest BCUT2D eigenvalue weighted by Crippen LogP contribution is 2.63. The van der Waals surface area contributed by atoms with Crippen molar-refractivity contribution in [3.05, 3.63) is 23.8 Å². The van der Waals surface area contributed by atoms with E-state index in [1.165, 1.54) is 32.1 Å².